The van der Waals surface area contributed by atoms with Crippen molar-refractivity contribution >= 4 is 23.2 Å². The minimum absolute atomic E-state index is 0.0909. The molecule has 3 aromatic carbocycles. The summed E-state index contributed by atoms with van der Waals surface area (Å²) in [5, 5.41) is 8.03. The molecule has 0 radical (unpaired) electrons. The Morgan fingerprint density at radius 3 is 2.39 bits per heavy atom. The highest BCUT2D eigenvalue weighted by Gasteiger charge is 2.20. The molecule has 0 unspecified atom stereocenters. The Labute approximate surface area is 186 Å². The lowest BCUT2D eigenvalue weighted by Crippen LogP contribution is -2.15. The Bertz CT molecular complexity index is 1280. The van der Waals surface area contributed by atoms with Gasteiger partial charge in [-0.2, -0.15) is 0 Å². The Kier molecular flexibility index (Phi) is 5.61. The first kappa shape index (κ1) is 20.8. The quantitative estimate of drug-likeness (QED) is 0.427. The number of hydrogen-bond acceptors (Lipinski definition) is 3. The van der Waals surface area contributed by atoms with Crippen molar-refractivity contribution in [2.75, 3.05) is 5.32 Å². The number of benzene rings is 3. The van der Waals surface area contributed by atoms with Crippen LogP contribution < -0.4 is 5.32 Å². The minimum Gasteiger partial charge on any atom is -0.319 e. The summed E-state index contributed by atoms with van der Waals surface area (Å²) in [7, 11) is 0. The first-order chi connectivity index (χ1) is 14.8. The molecule has 0 aliphatic heterocycles. The summed E-state index contributed by atoms with van der Waals surface area (Å²) in [6.07, 6.45) is 0. The molecule has 4 aromatic rings. The van der Waals surface area contributed by atoms with Crippen LogP contribution in [-0.2, 0) is 0 Å². The van der Waals surface area contributed by atoms with Gasteiger partial charge in [-0.3, -0.25) is 4.79 Å². The van der Waals surface area contributed by atoms with Crippen LogP contribution in [0, 0.1) is 27.7 Å². The average molecular weight is 431 g/mol. The maximum atomic E-state index is 13.0. The number of aryl methyl sites for hydroxylation is 3. The van der Waals surface area contributed by atoms with Gasteiger partial charge in [-0.15, -0.1) is 5.10 Å². The van der Waals surface area contributed by atoms with Crippen LogP contribution in [0.3, 0.4) is 0 Å². The average Bonchev–Trinajstić information content (AvgIpc) is 3.19. The third kappa shape index (κ3) is 4.23. The first-order valence-electron chi connectivity index (χ1n) is 10.0. The first-order valence-corrected chi connectivity index (χ1v) is 10.4. The fourth-order valence-corrected chi connectivity index (χ4v) is 3.43. The summed E-state index contributed by atoms with van der Waals surface area (Å²) in [5.74, 6) is 0.311. The predicted molar refractivity (Wildman–Crippen MR) is 125 cm³/mol. The molecule has 0 fully saturated rings. The molecule has 31 heavy (non-hydrogen) atoms. The van der Waals surface area contributed by atoms with E-state index in [2.05, 4.69) is 29.2 Å². The lowest BCUT2D eigenvalue weighted by Gasteiger charge is -2.08. The normalized spacial score (nSPS) is 10.9. The van der Waals surface area contributed by atoms with Crippen LogP contribution in [-0.4, -0.2) is 20.7 Å². The molecule has 0 bridgehead atoms. The van der Waals surface area contributed by atoms with Crippen LogP contribution in [0.25, 0.3) is 17.1 Å². The van der Waals surface area contributed by atoms with Gasteiger partial charge in [-0.05, 0) is 68.7 Å². The van der Waals surface area contributed by atoms with Gasteiger partial charge in [0.2, 0.25) is 5.82 Å². The number of carbonyl (C=O) groups excluding carboxylic acids is 1. The molecule has 1 heterocycles. The van der Waals surface area contributed by atoms with Crippen molar-refractivity contribution in [1.29, 1.82) is 0 Å². The number of hydrogen-bond donors (Lipinski definition) is 1. The highest BCUT2D eigenvalue weighted by Crippen LogP contribution is 2.25. The molecule has 1 amide bonds. The molecule has 1 aromatic heterocycles. The SMILES string of the molecule is Cc1ccc(-c2nc(C(=O)Nc3cccc(Cl)c3C)nn2-c2ccc(C)c(C)c2)cc1. The zero-order chi connectivity index (χ0) is 22.1. The summed E-state index contributed by atoms with van der Waals surface area (Å²) in [5.41, 5.74) is 6.65. The van der Waals surface area contributed by atoms with E-state index in [1.54, 1.807) is 22.9 Å². The number of anilines is 1. The van der Waals surface area contributed by atoms with Crippen molar-refractivity contribution < 1.29 is 4.79 Å². The van der Waals surface area contributed by atoms with E-state index < -0.39 is 0 Å². The summed E-state index contributed by atoms with van der Waals surface area (Å²) in [6, 6.07) is 19.5. The molecule has 0 atom stereocenters. The monoisotopic (exact) mass is 430 g/mol. The molecule has 0 aliphatic carbocycles. The van der Waals surface area contributed by atoms with Gasteiger partial charge in [0.1, 0.15) is 0 Å². The predicted octanol–water partition coefficient (Wildman–Crippen LogP) is 6.07. The van der Waals surface area contributed by atoms with E-state index in [1.165, 1.54) is 5.56 Å². The van der Waals surface area contributed by atoms with Gasteiger partial charge in [-0.1, -0.05) is 53.6 Å². The van der Waals surface area contributed by atoms with E-state index in [0.29, 0.717) is 16.5 Å². The van der Waals surface area contributed by atoms with Gasteiger partial charge in [0.25, 0.3) is 5.91 Å². The Morgan fingerprint density at radius 1 is 0.935 bits per heavy atom. The molecule has 1 N–H and O–H groups in total. The molecule has 0 aliphatic rings. The van der Waals surface area contributed by atoms with Gasteiger partial charge in [0, 0.05) is 16.3 Å². The molecule has 5 nitrogen and oxygen atoms in total. The molecule has 4 rings (SSSR count). The van der Waals surface area contributed by atoms with Gasteiger partial charge >= 0.3 is 0 Å². The molecule has 0 saturated heterocycles. The second kappa shape index (κ2) is 8.36. The van der Waals surface area contributed by atoms with Crippen molar-refractivity contribution in [2.24, 2.45) is 0 Å². The van der Waals surface area contributed by atoms with Crippen molar-refractivity contribution in [3.05, 3.63) is 93.8 Å². The van der Waals surface area contributed by atoms with Gasteiger partial charge in [0.15, 0.2) is 5.82 Å². The van der Waals surface area contributed by atoms with Crippen molar-refractivity contribution in [3.63, 3.8) is 0 Å². The van der Waals surface area contributed by atoms with Gasteiger partial charge in [-0.25, -0.2) is 9.67 Å². The number of nitrogens with zero attached hydrogens (tertiary/aromatic N) is 3. The maximum absolute atomic E-state index is 13.0. The van der Waals surface area contributed by atoms with Gasteiger partial charge in [0.05, 0.1) is 5.69 Å². The van der Waals surface area contributed by atoms with Gasteiger partial charge < -0.3 is 5.32 Å². The number of carbonyl (C=O) groups is 1. The van der Waals surface area contributed by atoms with Crippen molar-refractivity contribution in [1.82, 2.24) is 14.8 Å². The van der Waals surface area contributed by atoms with Crippen LogP contribution in [0.5, 0.6) is 0 Å². The molecule has 156 valence electrons. The second-order valence-corrected chi connectivity index (χ2v) is 8.08. The molecule has 0 saturated carbocycles. The summed E-state index contributed by atoms with van der Waals surface area (Å²) in [4.78, 5) is 17.6. The number of rotatable bonds is 4. The Balaban J connectivity index is 1.78. The van der Waals surface area contributed by atoms with E-state index in [9.17, 15) is 4.79 Å². The highest BCUT2D eigenvalue weighted by molar-refractivity contribution is 6.31. The van der Waals surface area contributed by atoms with Crippen LogP contribution in [0.1, 0.15) is 32.9 Å². The summed E-state index contributed by atoms with van der Waals surface area (Å²) < 4.78 is 1.72. The largest absolute Gasteiger partial charge is 0.319 e. The van der Waals surface area contributed by atoms with Crippen LogP contribution in [0.4, 0.5) is 5.69 Å². The molecule has 0 spiro atoms. The number of nitrogens with one attached hydrogen (secondary N) is 1. The lowest BCUT2D eigenvalue weighted by molar-refractivity contribution is 0.101. The zero-order valence-electron chi connectivity index (χ0n) is 17.9. The van der Waals surface area contributed by atoms with E-state index in [-0.39, 0.29) is 11.7 Å². The van der Waals surface area contributed by atoms with E-state index >= 15 is 0 Å². The van der Waals surface area contributed by atoms with E-state index in [4.69, 9.17) is 11.6 Å². The number of amides is 1. The van der Waals surface area contributed by atoms with Crippen molar-refractivity contribution in [2.45, 2.75) is 27.7 Å². The standard InChI is InChI=1S/C25H23ClN4O/c1-15-8-11-19(12-9-15)24-28-23(25(31)27-22-7-5-6-21(26)18(22)4)29-30(24)20-13-10-16(2)17(3)14-20/h5-14H,1-4H3,(H,27,31). The fraction of sp³-hybridized carbons (Fsp3) is 0.160. The highest BCUT2D eigenvalue weighted by atomic mass is 35.5. The molecular formula is C25H23ClN4O. The van der Waals surface area contributed by atoms with Crippen LogP contribution >= 0.6 is 11.6 Å². The van der Waals surface area contributed by atoms with Crippen LogP contribution in [0.2, 0.25) is 5.02 Å². The van der Waals surface area contributed by atoms with Crippen molar-refractivity contribution in [3.8, 4) is 17.1 Å². The molecular weight excluding hydrogens is 408 g/mol. The second-order valence-electron chi connectivity index (χ2n) is 7.67. The topological polar surface area (TPSA) is 59.8 Å². The minimum atomic E-state index is -0.388. The lowest BCUT2D eigenvalue weighted by atomic mass is 10.1. The van der Waals surface area contributed by atoms with E-state index in [1.807, 2.05) is 56.3 Å². The molecule has 6 heteroatoms. The third-order valence-corrected chi connectivity index (χ3v) is 5.78. The third-order valence-electron chi connectivity index (χ3n) is 5.37. The Morgan fingerprint density at radius 2 is 1.68 bits per heavy atom. The summed E-state index contributed by atoms with van der Waals surface area (Å²) >= 11 is 6.19. The van der Waals surface area contributed by atoms with Crippen LogP contribution in [0.15, 0.2) is 60.7 Å². The smallest absolute Gasteiger partial charge is 0.295 e. The number of halogens is 1. The fourth-order valence-electron chi connectivity index (χ4n) is 3.26. The van der Waals surface area contributed by atoms with E-state index in [0.717, 1.165) is 27.9 Å². The zero-order valence-corrected chi connectivity index (χ0v) is 18.7. The maximum Gasteiger partial charge on any atom is 0.295 e. The number of aromatic nitrogens is 3. The summed E-state index contributed by atoms with van der Waals surface area (Å²) in [6.45, 7) is 8.01. The Hall–Kier alpha value is -3.44.